The summed E-state index contributed by atoms with van der Waals surface area (Å²) in [5.41, 5.74) is 1.33. The molecule has 3 fully saturated rings. The minimum Gasteiger partial charge on any atom is -0.370 e. The monoisotopic (exact) mass is 402 g/mol. The Balaban J connectivity index is 1.36. The average molecular weight is 402 g/mol. The molecule has 29 heavy (non-hydrogen) atoms. The molecule has 3 aliphatic heterocycles. The van der Waals surface area contributed by atoms with Crippen molar-refractivity contribution < 1.29 is 18.8 Å². The van der Waals surface area contributed by atoms with Crippen LogP contribution in [0.1, 0.15) is 32.6 Å². The lowest BCUT2D eigenvalue weighted by molar-refractivity contribution is -0.149. The Bertz CT molecular complexity index is 818. The van der Waals surface area contributed by atoms with Gasteiger partial charge in [-0.15, -0.1) is 0 Å². The second kappa shape index (κ2) is 8.00. The van der Waals surface area contributed by atoms with Crippen LogP contribution >= 0.6 is 0 Å². The maximum atomic E-state index is 13.8. The molecule has 1 aromatic carbocycles. The summed E-state index contributed by atoms with van der Waals surface area (Å²) in [4.78, 5) is 42.5. The number of amides is 3. The summed E-state index contributed by atoms with van der Waals surface area (Å²) >= 11 is 0. The Labute approximate surface area is 169 Å². The molecule has 0 saturated carbocycles. The van der Waals surface area contributed by atoms with Crippen molar-refractivity contribution >= 4 is 29.1 Å². The zero-order chi connectivity index (χ0) is 20.5. The summed E-state index contributed by atoms with van der Waals surface area (Å²) < 4.78 is 13.8. The fraction of sp³-hybridized carbons (Fsp3) is 0.571. The number of halogens is 1. The van der Waals surface area contributed by atoms with Gasteiger partial charge in [-0.1, -0.05) is 0 Å². The van der Waals surface area contributed by atoms with E-state index in [1.54, 1.807) is 15.9 Å². The first-order chi connectivity index (χ1) is 13.9. The maximum Gasteiger partial charge on any atom is 0.245 e. The Morgan fingerprint density at radius 1 is 1.07 bits per heavy atom. The molecular weight excluding hydrogens is 375 g/mol. The Morgan fingerprint density at radius 2 is 1.79 bits per heavy atom. The molecule has 4 rings (SSSR count). The summed E-state index contributed by atoms with van der Waals surface area (Å²) in [6.07, 6.45) is 3.67. The van der Waals surface area contributed by atoms with Gasteiger partial charge in [0.2, 0.25) is 17.7 Å². The van der Waals surface area contributed by atoms with Crippen molar-refractivity contribution in [2.45, 2.75) is 38.6 Å². The smallest absolute Gasteiger partial charge is 0.245 e. The van der Waals surface area contributed by atoms with Crippen LogP contribution in [0.2, 0.25) is 0 Å². The van der Waals surface area contributed by atoms with Gasteiger partial charge in [0, 0.05) is 39.6 Å². The van der Waals surface area contributed by atoms with Crippen molar-refractivity contribution in [2.75, 3.05) is 42.9 Å². The van der Waals surface area contributed by atoms with E-state index >= 15 is 0 Å². The third-order valence-corrected chi connectivity index (χ3v) is 6.17. The third kappa shape index (κ3) is 3.93. The molecule has 3 amide bonds. The standard InChI is InChI=1S/C21H27FN4O3/c1-14(27)26-10-4-5-19(26)21(29)25-12-15(13-25)20(28)23-17-11-16(22)6-7-18(17)24-8-2-3-9-24/h6-7,11,15,19H,2-5,8-10,12-13H2,1H3,(H,23,28)/t19-/m0/s1. The number of carbonyl (C=O) groups excluding carboxylic acids is 3. The van der Waals surface area contributed by atoms with Crippen LogP contribution in [0.4, 0.5) is 15.8 Å². The topological polar surface area (TPSA) is 73.0 Å². The maximum absolute atomic E-state index is 13.8. The van der Waals surface area contributed by atoms with Crippen LogP contribution in [0.25, 0.3) is 0 Å². The number of hydrogen-bond donors (Lipinski definition) is 1. The second-order valence-corrected chi connectivity index (χ2v) is 8.16. The highest BCUT2D eigenvalue weighted by atomic mass is 19.1. The molecular formula is C21H27FN4O3. The fourth-order valence-corrected chi connectivity index (χ4v) is 4.51. The summed E-state index contributed by atoms with van der Waals surface area (Å²) in [6, 6.07) is 4.08. The van der Waals surface area contributed by atoms with Crippen molar-refractivity contribution in [3.63, 3.8) is 0 Å². The number of nitrogens with one attached hydrogen (secondary N) is 1. The number of likely N-dealkylation sites (tertiary alicyclic amines) is 2. The Morgan fingerprint density at radius 3 is 2.48 bits per heavy atom. The molecule has 0 radical (unpaired) electrons. The number of carbonyl (C=O) groups is 3. The van der Waals surface area contributed by atoms with Crippen molar-refractivity contribution in [3.8, 4) is 0 Å². The van der Waals surface area contributed by atoms with Gasteiger partial charge in [-0.3, -0.25) is 14.4 Å². The Kier molecular flexibility index (Phi) is 5.43. The molecule has 0 aromatic heterocycles. The average Bonchev–Trinajstić information content (AvgIpc) is 3.32. The molecule has 8 heteroatoms. The van der Waals surface area contributed by atoms with E-state index in [2.05, 4.69) is 10.2 Å². The van der Waals surface area contributed by atoms with Gasteiger partial charge in [0.05, 0.1) is 17.3 Å². The molecule has 1 aromatic rings. The predicted octanol–water partition coefficient (Wildman–Crippen LogP) is 1.83. The molecule has 156 valence electrons. The van der Waals surface area contributed by atoms with Crippen LogP contribution in [0.3, 0.4) is 0 Å². The van der Waals surface area contributed by atoms with Crippen molar-refractivity contribution in [1.82, 2.24) is 9.80 Å². The molecule has 0 aliphatic carbocycles. The van der Waals surface area contributed by atoms with E-state index in [0.717, 1.165) is 38.0 Å². The summed E-state index contributed by atoms with van der Waals surface area (Å²) in [5.74, 6) is -1.07. The highest BCUT2D eigenvalue weighted by Gasteiger charge is 2.42. The molecule has 3 saturated heterocycles. The summed E-state index contributed by atoms with van der Waals surface area (Å²) in [6.45, 7) is 4.56. The van der Waals surface area contributed by atoms with Gasteiger partial charge >= 0.3 is 0 Å². The van der Waals surface area contributed by atoms with E-state index in [4.69, 9.17) is 0 Å². The number of nitrogens with zero attached hydrogens (tertiary/aromatic N) is 3. The van der Waals surface area contributed by atoms with Gasteiger partial charge in [0.25, 0.3) is 0 Å². The quantitative estimate of drug-likeness (QED) is 0.834. The highest BCUT2D eigenvalue weighted by molar-refractivity contribution is 5.98. The first-order valence-corrected chi connectivity index (χ1v) is 10.4. The number of hydrogen-bond acceptors (Lipinski definition) is 4. The third-order valence-electron chi connectivity index (χ3n) is 6.17. The van der Waals surface area contributed by atoms with Gasteiger partial charge in [0.1, 0.15) is 11.9 Å². The number of benzene rings is 1. The van der Waals surface area contributed by atoms with Gasteiger partial charge in [-0.2, -0.15) is 0 Å². The molecule has 0 unspecified atom stereocenters. The van der Waals surface area contributed by atoms with Gasteiger partial charge < -0.3 is 20.0 Å². The van der Waals surface area contributed by atoms with Crippen molar-refractivity contribution in [3.05, 3.63) is 24.0 Å². The van der Waals surface area contributed by atoms with E-state index in [1.807, 2.05) is 0 Å². The van der Waals surface area contributed by atoms with Crippen LogP contribution < -0.4 is 10.2 Å². The largest absolute Gasteiger partial charge is 0.370 e. The molecule has 0 spiro atoms. The number of anilines is 2. The molecule has 1 N–H and O–H groups in total. The SMILES string of the molecule is CC(=O)N1CCC[C@H]1C(=O)N1CC(C(=O)Nc2cc(F)ccc2N2CCCC2)C1. The minimum atomic E-state index is -0.401. The lowest BCUT2D eigenvalue weighted by atomic mass is 9.97. The number of rotatable bonds is 4. The molecule has 7 nitrogen and oxygen atoms in total. The molecule has 0 bridgehead atoms. The van der Waals surface area contributed by atoms with Crippen LogP contribution in [0, 0.1) is 11.7 Å². The van der Waals surface area contributed by atoms with Gasteiger partial charge in [0.15, 0.2) is 0 Å². The molecule has 3 heterocycles. The highest BCUT2D eigenvalue weighted by Crippen LogP contribution is 2.31. The van der Waals surface area contributed by atoms with E-state index in [-0.39, 0.29) is 29.5 Å². The second-order valence-electron chi connectivity index (χ2n) is 8.16. The normalized spacial score (nSPS) is 22.0. The van der Waals surface area contributed by atoms with E-state index < -0.39 is 6.04 Å². The van der Waals surface area contributed by atoms with Crippen LogP contribution in [0.15, 0.2) is 18.2 Å². The van der Waals surface area contributed by atoms with Crippen LogP contribution in [-0.4, -0.2) is 66.3 Å². The van der Waals surface area contributed by atoms with Crippen molar-refractivity contribution in [1.29, 1.82) is 0 Å². The van der Waals surface area contributed by atoms with E-state index in [0.29, 0.717) is 31.7 Å². The lowest BCUT2D eigenvalue weighted by Gasteiger charge is -2.40. The zero-order valence-electron chi connectivity index (χ0n) is 16.7. The van der Waals surface area contributed by atoms with Gasteiger partial charge in [-0.05, 0) is 43.9 Å². The first-order valence-electron chi connectivity index (χ1n) is 10.4. The minimum absolute atomic E-state index is 0.0785. The van der Waals surface area contributed by atoms with Gasteiger partial charge in [-0.25, -0.2) is 4.39 Å². The van der Waals surface area contributed by atoms with Crippen LogP contribution in [0.5, 0.6) is 0 Å². The zero-order valence-corrected chi connectivity index (χ0v) is 16.7. The molecule has 1 atom stereocenters. The summed E-state index contributed by atoms with van der Waals surface area (Å²) in [7, 11) is 0. The Hall–Kier alpha value is -2.64. The van der Waals surface area contributed by atoms with Crippen molar-refractivity contribution in [2.24, 2.45) is 5.92 Å². The van der Waals surface area contributed by atoms with E-state index in [1.165, 1.54) is 19.1 Å². The van der Waals surface area contributed by atoms with E-state index in [9.17, 15) is 18.8 Å². The molecule has 3 aliphatic rings. The lowest BCUT2D eigenvalue weighted by Crippen LogP contribution is -2.59. The first kappa shape index (κ1) is 19.7. The predicted molar refractivity (Wildman–Crippen MR) is 107 cm³/mol. The fourth-order valence-electron chi connectivity index (χ4n) is 4.51. The van der Waals surface area contributed by atoms with Crippen LogP contribution in [-0.2, 0) is 14.4 Å². The summed E-state index contributed by atoms with van der Waals surface area (Å²) in [5, 5.41) is 2.86.